The Morgan fingerprint density at radius 1 is 0.864 bits per heavy atom. The van der Waals surface area contributed by atoms with E-state index in [9.17, 15) is 9.59 Å². The van der Waals surface area contributed by atoms with Crippen molar-refractivity contribution >= 4 is 11.6 Å². The van der Waals surface area contributed by atoms with Gasteiger partial charge in [-0.15, -0.1) is 0 Å². The topological polar surface area (TPSA) is 76.7 Å². The van der Waals surface area contributed by atoms with Crippen LogP contribution in [0.25, 0.3) is 0 Å². The number of Topliss-reactive ketones (excluding diaryl/α,β-unsaturated/α-hetero) is 2. The first-order valence-corrected chi connectivity index (χ1v) is 7.47. The van der Waals surface area contributed by atoms with E-state index in [0.717, 1.165) is 13.1 Å². The molecule has 0 amide bonds. The van der Waals surface area contributed by atoms with E-state index in [1.807, 2.05) is 0 Å². The Bertz CT molecular complexity index is 382. The zero-order valence-corrected chi connectivity index (χ0v) is 13.4. The van der Waals surface area contributed by atoms with Crippen molar-refractivity contribution in [2.24, 2.45) is 0 Å². The van der Waals surface area contributed by atoms with E-state index < -0.39 is 0 Å². The van der Waals surface area contributed by atoms with Gasteiger partial charge in [0.05, 0.1) is 13.2 Å². The molecule has 2 unspecified atom stereocenters. The SMILES string of the molecule is C=C(C)C(=O)C1CNCCO1.C=C(C)C(=O)C1CNCCO1. The Labute approximate surface area is 131 Å². The number of ketones is 2. The van der Waals surface area contributed by atoms with Gasteiger partial charge in [0.2, 0.25) is 0 Å². The van der Waals surface area contributed by atoms with Gasteiger partial charge >= 0.3 is 0 Å². The summed E-state index contributed by atoms with van der Waals surface area (Å²) in [7, 11) is 0. The highest BCUT2D eigenvalue weighted by molar-refractivity contribution is 5.98. The van der Waals surface area contributed by atoms with Gasteiger partial charge in [-0.25, -0.2) is 0 Å². The zero-order valence-electron chi connectivity index (χ0n) is 13.4. The Morgan fingerprint density at radius 3 is 1.45 bits per heavy atom. The van der Waals surface area contributed by atoms with Gasteiger partial charge in [0, 0.05) is 26.2 Å². The summed E-state index contributed by atoms with van der Waals surface area (Å²) >= 11 is 0. The fraction of sp³-hybridized carbons (Fsp3) is 0.625. The summed E-state index contributed by atoms with van der Waals surface area (Å²) < 4.78 is 10.5. The first-order valence-electron chi connectivity index (χ1n) is 7.47. The van der Waals surface area contributed by atoms with Gasteiger partial charge in [0.25, 0.3) is 0 Å². The fourth-order valence-electron chi connectivity index (χ4n) is 2.02. The van der Waals surface area contributed by atoms with Crippen LogP contribution in [0.3, 0.4) is 0 Å². The van der Waals surface area contributed by atoms with Crippen molar-refractivity contribution in [3.63, 3.8) is 0 Å². The van der Waals surface area contributed by atoms with E-state index in [1.165, 1.54) is 0 Å². The molecule has 22 heavy (non-hydrogen) atoms. The van der Waals surface area contributed by atoms with Crippen molar-refractivity contribution in [3.05, 3.63) is 24.3 Å². The minimum atomic E-state index is -0.304. The van der Waals surface area contributed by atoms with Crippen molar-refractivity contribution in [1.82, 2.24) is 10.6 Å². The van der Waals surface area contributed by atoms with Gasteiger partial charge in [-0.3, -0.25) is 9.59 Å². The maximum absolute atomic E-state index is 11.2. The molecule has 0 saturated carbocycles. The molecule has 0 aromatic heterocycles. The third-order valence-electron chi connectivity index (χ3n) is 3.28. The van der Waals surface area contributed by atoms with Gasteiger partial charge < -0.3 is 20.1 Å². The number of hydrogen-bond donors (Lipinski definition) is 2. The maximum Gasteiger partial charge on any atom is 0.187 e. The Balaban J connectivity index is 0.000000220. The molecule has 124 valence electrons. The molecule has 2 atom stereocenters. The van der Waals surface area contributed by atoms with Crippen LogP contribution in [-0.4, -0.2) is 63.2 Å². The summed E-state index contributed by atoms with van der Waals surface area (Å²) in [6.07, 6.45) is -0.609. The number of carbonyl (C=O) groups excluding carboxylic acids is 2. The lowest BCUT2D eigenvalue weighted by molar-refractivity contribution is -0.128. The maximum atomic E-state index is 11.2. The second kappa shape index (κ2) is 9.63. The highest BCUT2D eigenvalue weighted by Gasteiger charge is 2.22. The number of hydrogen-bond acceptors (Lipinski definition) is 6. The second-order valence-corrected chi connectivity index (χ2v) is 5.42. The summed E-state index contributed by atoms with van der Waals surface area (Å²) in [6, 6.07) is 0. The van der Waals surface area contributed by atoms with E-state index in [2.05, 4.69) is 23.8 Å². The van der Waals surface area contributed by atoms with Crippen molar-refractivity contribution in [1.29, 1.82) is 0 Å². The van der Waals surface area contributed by atoms with Crippen LogP contribution in [-0.2, 0) is 19.1 Å². The first-order chi connectivity index (χ1) is 10.4. The fourth-order valence-corrected chi connectivity index (χ4v) is 2.02. The molecular formula is C16H26N2O4. The molecule has 0 radical (unpaired) electrons. The number of nitrogens with one attached hydrogen (secondary N) is 2. The molecule has 6 heteroatoms. The molecule has 0 aromatic carbocycles. The minimum Gasteiger partial charge on any atom is -0.367 e. The number of morpholine rings is 2. The average Bonchev–Trinajstić information content (AvgIpc) is 2.55. The third kappa shape index (κ3) is 6.19. The van der Waals surface area contributed by atoms with Crippen LogP contribution in [0.2, 0.25) is 0 Å². The molecule has 0 bridgehead atoms. The number of rotatable bonds is 4. The molecule has 2 fully saturated rings. The molecule has 6 nitrogen and oxygen atoms in total. The first kappa shape index (κ1) is 18.7. The smallest absolute Gasteiger partial charge is 0.187 e. The number of ether oxygens (including phenoxy) is 2. The van der Waals surface area contributed by atoms with Gasteiger partial charge in [-0.1, -0.05) is 13.2 Å². The highest BCUT2D eigenvalue weighted by atomic mass is 16.5. The van der Waals surface area contributed by atoms with Crippen LogP contribution in [0.1, 0.15) is 13.8 Å². The van der Waals surface area contributed by atoms with Crippen molar-refractivity contribution in [2.75, 3.05) is 39.4 Å². The summed E-state index contributed by atoms with van der Waals surface area (Å²) in [4.78, 5) is 22.5. The Hall–Kier alpha value is -1.34. The van der Waals surface area contributed by atoms with Crippen LogP contribution < -0.4 is 10.6 Å². The molecule has 2 N–H and O–H groups in total. The predicted molar refractivity (Wildman–Crippen MR) is 84.9 cm³/mol. The molecule has 0 aromatic rings. The third-order valence-corrected chi connectivity index (χ3v) is 3.28. The Morgan fingerprint density at radius 2 is 1.23 bits per heavy atom. The highest BCUT2D eigenvalue weighted by Crippen LogP contribution is 2.03. The van der Waals surface area contributed by atoms with Crippen LogP contribution in [0.5, 0.6) is 0 Å². The summed E-state index contributed by atoms with van der Waals surface area (Å²) in [5, 5.41) is 6.17. The standard InChI is InChI=1S/2C8H13NO2/c2*1-6(2)8(10)7-5-9-3-4-11-7/h2*7,9H,1,3-5H2,2H3. The van der Waals surface area contributed by atoms with Crippen LogP contribution in [0, 0.1) is 0 Å². The lowest BCUT2D eigenvalue weighted by atomic mass is 10.1. The van der Waals surface area contributed by atoms with Gasteiger partial charge in [0.1, 0.15) is 12.2 Å². The minimum absolute atomic E-state index is 0.0113. The van der Waals surface area contributed by atoms with E-state index in [4.69, 9.17) is 9.47 Å². The van der Waals surface area contributed by atoms with Crippen molar-refractivity contribution < 1.29 is 19.1 Å². The largest absolute Gasteiger partial charge is 0.367 e. The lowest BCUT2D eigenvalue weighted by Crippen LogP contribution is -2.43. The molecule has 2 saturated heterocycles. The monoisotopic (exact) mass is 310 g/mol. The molecule has 2 aliphatic heterocycles. The van der Waals surface area contributed by atoms with Gasteiger partial charge in [-0.05, 0) is 25.0 Å². The van der Waals surface area contributed by atoms with E-state index in [-0.39, 0.29) is 23.8 Å². The normalized spacial score (nSPS) is 24.6. The van der Waals surface area contributed by atoms with E-state index >= 15 is 0 Å². The molecular weight excluding hydrogens is 284 g/mol. The second-order valence-electron chi connectivity index (χ2n) is 5.42. The molecule has 0 aliphatic carbocycles. The molecule has 2 aliphatic rings. The quantitative estimate of drug-likeness (QED) is 0.725. The predicted octanol–water partition coefficient (Wildman–Crippen LogP) is 0.240. The van der Waals surface area contributed by atoms with E-state index in [1.54, 1.807) is 13.8 Å². The van der Waals surface area contributed by atoms with E-state index in [0.29, 0.717) is 37.4 Å². The zero-order chi connectivity index (χ0) is 16.5. The van der Waals surface area contributed by atoms with Crippen LogP contribution >= 0.6 is 0 Å². The Kier molecular flexibility index (Phi) is 8.19. The van der Waals surface area contributed by atoms with Crippen LogP contribution in [0.15, 0.2) is 24.3 Å². The van der Waals surface area contributed by atoms with Crippen LogP contribution in [0.4, 0.5) is 0 Å². The van der Waals surface area contributed by atoms with Gasteiger partial charge in [-0.2, -0.15) is 0 Å². The number of carbonyl (C=O) groups is 2. The lowest BCUT2D eigenvalue weighted by Gasteiger charge is -2.22. The van der Waals surface area contributed by atoms with Gasteiger partial charge in [0.15, 0.2) is 11.6 Å². The van der Waals surface area contributed by atoms with Crippen molar-refractivity contribution in [3.8, 4) is 0 Å². The van der Waals surface area contributed by atoms with Crippen molar-refractivity contribution in [2.45, 2.75) is 26.1 Å². The summed E-state index contributed by atoms with van der Waals surface area (Å²) in [5.74, 6) is 0.0226. The summed E-state index contributed by atoms with van der Waals surface area (Å²) in [5.41, 5.74) is 1.14. The molecule has 2 heterocycles. The average molecular weight is 310 g/mol. The molecule has 2 rings (SSSR count). The summed E-state index contributed by atoms with van der Waals surface area (Å²) in [6.45, 7) is 14.7. The molecule has 0 spiro atoms.